The average molecular weight is 259 g/mol. The molecule has 0 unspecified atom stereocenters. The normalized spacial score (nSPS) is 10.8. The first-order valence-electron chi connectivity index (χ1n) is 5.79. The second-order valence-electron chi connectivity index (χ2n) is 3.98. The third kappa shape index (κ3) is 4.79. The molecule has 0 saturated heterocycles. The van der Waals surface area contributed by atoms with Crippen LogP contribution in [0.4, 0.5) is 10.8 Å². The molecule has 0 bridgehead atoms. The number of nitrogens with two attached hydrogens (primary N) is 1. The lowest BCUT2D eigenvalue weighted by Crippen LogP contribution is -2.07. The Hall–Kier alpha value is -1.01. The van der Waals surface area contributed by atoms with Gasteiger partial charge in [-0.3, -0.25) is 0 Å². The first-order chi connectivity index (χ1) is 8.15. The van der Waals surface area contributed by atoms with E-state index in [1.165, 1.54) is 11.5 Å². The highest BCUT2D eigenvalue weighted by atomic mass is 32.1. The molecule has 1 heterocycles. The summed E-state index contributed by atoms with van der Waals surface area (Å²) in [5, 5.41) is 4.17. The van der Waals surface area contributed by atoms with E-state index in [9.17, 15) is 0 Å². The fourth-order valence-electron chi connectivity index (χ4n) is 1.35. The lowest BCUT2D eigenvalue weighted by Gasteiger charge is -2.08. The van der Waals surface area contributed by atoms with Gasteiger partial charge in [-0.05, 0) is 38.2 Å². The van der Waals surface area contributed by atoms with Gasteiger partial charge in [0.05, 0.1) is 13.2 Å². The van der Waals surface area contributed by atoms with Crippen LogP contribution in [-0.4, -0.2) is 30.7 Å². The van der Waals surface area contributed by atoms with E-state index in [2.05, 4.69) is 9.69 Å². The number of unbranched alkanes of at least 4 members (excludes halogenated alkanes) is 1. The predicted octanol–water partition coefficient (Wildman–Crippen LogP) is 2.35. The monoisotopic (exact) mass is 259 g/mol. The van der Waals surface area contributed by atoms with E-state index in [-0.39, 0.29) is 0 Å². The summed E-state index contributed by atoms with van der Waals surface area (Å²) in [6, 6.07) is 0. The van der Waals surface area contributed by atoms with Crippen molar-refractivity contribution in [3.63, 3.8) is 0 Å². The molecule has 5 nitrogen and oxygen atoms in total. The van der Waals surface area contributed by atoms with Crippen molar-refractivity contribution in [2.75, 3.05) is 31.3 Å². The minimum absolute atomic E-state index is 0.310. The van der Waals surface area contributed by atoms with Crippen molar-refractivity contribution < 1.29 is 9.47 Å². The molecule has 0 spiro atoms. The van der Waals surface area contributed by atoms with E-state index in [1.54, 1.807) is 7.11 Å². The van der Waals surface area contributed by atoms with Gasteiger partial charge in [0.15, 0.2) is 16.6 Å². The number of hydrogen-bond acceptors (Lipinski definition) is 6. The number of rotatable bonds is 8. The van der Waals surface area contributed by atoms with Crippen LogP contribution >= 0.6 is 11.5 Å². The van der Waals surface area contributed by atoms with Crippen LogP contribution in [-0.2, 0) is 4.74 Å². The van der Waals surface area contributed by atoms with E-state index in [0.717, 1.165) is 31.0 Å². The van der Waals surface area contributed by atoms with Gasteiger partial charge in [-0.1, -0.05) is 0 Å². The molecule has 1 aromatic heterocycles. The first kappa shape index (κ1) is 14.1. The van der Waals surface area contributed by atoms with Gasteiger partial charge >= 0.3 is 0 Å². The highest BCUT2D eigenvalue weighted by Crippen LogP contribution is 2.34. The van der Waals surface area contributed by atoms with Gasteiger partial charge in [0.1, 0.15) is 0 Å². The lowest BCUT2D eigenvalue weighted by molar-refractivity contribution is 0.0765. The van der Waals surface area contributed by atoms with E-state index in [4.69, 9.17) is 15.2 Å². The largest absolute Gasteiger partial charge is 0.490 e. The number of methoxy groups -OCH3 is 1. The van der Waals surface area contributed by atoms with Gasteiger partial charge in [-0.25, -0.2) is 0 Å². The quantitative estimate of drug-likeness (QED) is 0.701. The van der Waals surface area contributed by atoms with E-state index >= 15 is 0 Å². The Morgan fingerprint density at radius 2 is 2.18 bits per heavy atom. The molecule has 0 aromatic carbocycles. The van der Waals surface area contributed by atoms with E-state index in [1.807, 2.05) is 13.8 Å². The second kappa shape index (κ2) is 7.34. The van der Waals surface area contributed by atoms with E-state index in [0.29, 0.717) is 17.7 Å². The number of hydrogen-bond donors (Lipinski definition) is 2. The molecule has 0 aliphatic heterocycles. The predicted molar refractivity (Wildman–Crippen MR) is 71.9 cm³/mol. The van der Waals surface area contributed by atoms with Crippen molar-refractivity contribution in [1.82, 2.24) is 4.37 Å². The smallest absolute Gasteiger partial charge is 0.197 e. The maximum absolute atomic E-state index is 5.65. The van der Waals surface area contributed by atoms with Gasteiger partial charge in [-0.2, -0.15) is 4.37 Å². The minimum Gasteiger partial charge on any atom is -0.490 e. The molecule has 98 valence electrons. The fraction of sp³-hybridized carbons (Fsp3) is 0.727. The molecule has 0 radical (unpaired) electrons. The summed E-state index contributed by atoms with van der Waals surface area (Å²) in [5.74, 6) is 1.09. The second-order valence-corrected chi connectivity index (χ2v) is 4.76. The molecule has 17 heavy (non-hydrogen) atoms. The van der Waals surface area contributed by atoms with Crippen molar-refractivity contribution in [2.24, 2.45) is 0 Å². The SMILES string of the molecule is COc1c(N)nsc1NCCCCOC(C)C. The van der Waals surface area contributed by atoms with Crippen molar-refractivity contribution in [1.29, 1.82) is 0 Å². The number of nitrogens with one attached hydrogen (secondary N) is 1. The Morgan fingerprint density at radius 1 is 1.41 bits per heavy atom. The van der Waals surface area contributed by atoms with Crippen molar-refractivity contribution in [2.45, 2.75) is 32.8 Å². The van der Waals surface area contributed by atoms with Crippen molar-refractivity contribution in [3.05, 3.63) is 0 Å². The zero-order valence-electron chi connectivity index (χ0n) is 10.7. The molecule has 3 N–H and O–H groups in total. The van der Waals surface area contributed by atoms with Crippen LogP contribution in [0, 0.1) is 0 Å². The number of anilines is 2. The maximum Gasteiger partial charge on any atom is 0.197 e. The van der Waals surface area contributed by atoms with Gasteiger partial charge in [0.2, 0.25) is 0 Å². The number of nitrogen functional groups attached to an aromatic ring is 1. The molecule has 0 aliphatic rings. The van der Waals surface area contributed by atoms with Crippen LogP contribution in [0.25, 0.3) is 0 Å². The Labute approximate surface area is 106 Å². The molecule has 0 atom stereocenters. The summed E-state index contributed by atoms with van der Waals surface area (Å²) in [4.78, 5) is 0. The summed E-state index contributed by atoms with van der Waals surface area (Å²) in [5.41, 5.74) is 5.65. The zero-order chi connectivity index (χ0) is 12.7. The Bertz CT molecular complexity index is 329. The van der Waals surface area contributed by atoms with Crippen molar-refractivity contribution in [3.8, 4) is 5.75 Å². The molecular formula is C11H21N3O2S. The fourth-order valence-corrected chi connectivity index (χ4v) is 2.06. The van der Waals surface area contributed by atoms with Crippen LogP contribution in [0.5, 0.6) is 5.75 Å². The van der Waals surface area contributed by atoms with Crippen molar-refractivity contribution >= 4 is 22.4 Å². The first-order valence-corrected chi connectivity index (χ1v) is 6.57. The van der Waals surface area contributed by atoms with Crippen LogP contribution in [0.2, 0.25) is 0 Å². The molecule has 6 heteroatoms. The summed E-state index contributed by atoms with van der Waals surface area (Å²) in [7, 11) is 1.60. The standard InChI is InChI=1S/C11H21N3O2S/c1-8(2)16-7-5-4-6-13-11-9(15-3)10(12)14-17-11/h8,13H,4-7H2,1-3H3,(H2,12,14). The highest BCUT2D eigenvalue weighted by molar-refractivity contribution is 7.11. The van der Waals surface area contributed by atoms with E-state index < -0.39 is 0 Å². The molecule has 0 amide bonds. The average Bonchev–Trinajstić information content (AvgIpc) is 2.63. The number of nitrogens with zero attached hydrogens (tertiary/aromatic N) is 1. The maximum atomic E-state index is 5.65. The molecule has 1 rings (SSSR count). The van der Waals surface area contributed by atoms with Gasteiger partial charge in [0, 0.05) is 13.2 Å². The summed E-state index contributed by atoms with van der Waals surface area (Å²) in [6.45, 7) is 5.77. The van der Waals surface area contributed by atoms with Crippen LogP contribution in [0.15, 0.2) is 0 Å². The Morgan fingerprint density at radius 3 is 2.82 bits per heavy atom. The van der Waals surface area contributed by atoms with Gasteiger partial charge < -0.3 is 20.5 Å². The summed E-state index contributed by atoms with van der Waals surface area (Å²) in [6.07, 6.45) is 2.40. The van der Waals surface area contributed by atoms with Crippen LogP contribution in [0.3, 0.4) is 0 Å². The summed E-state index contributed by atoms with van der Waals surface area (Å²) >= 11 is 1.33. The van der Waals surface area contributed by atoms with Crippen LogP contribution < -0.4 is 15.8 Å². The van der Waals surface area contributed by atoms with Gasteiger partial charge in [0.25, 0.3) is 0 Å². The molecule has 0 fully saturated rings. The summed E-state index contributed by atoms with van der Waals surface area (Å²) < 4.78 is 14.7. The third-order valence-corrected chi connectivity index (χ3v) is 2.99. The number of ether oxygens (including phenoxy) is 2. The third-order valence-electron chi connectivity index (χ3n) is 2.19. The topological polar surface area (TPSA) is 69.4 Å². The zero-order valence-corrected chi connectivity index (χ0v) is 11.5. The Kier molecular flexibility index (Phi) is 6.07. The molecule has 0 aliphatic carbocycles. The molecule has 0 saturated carbocycles. The lowest BCUT2D eigenvalue weighted by atomic mass is 10.3. The number of aromatic nitrogens is 1. The minimum atomic E-state index is 0.310. The van der Waals surface area contributed by atoms with Gasteiger partial charge in [-0.15, -0.1) is 0 Å². The Balaban J connectivity index is 2.18. The molecule has 1 aromatic rings. The highest BCUT2D eigenvalue weighted by Gasteiger charge is 2.10. The molecular weight excluding hydrogens is 238 g/mol. The van der Waals surface area contributed by atoms with Crippen LogP contribution in [0.1, 0.15) is 26.7 Å².